The Morgan fingerprint density at radius 2 is 2.17 bits per heavy atom. The van der Waals surface area contributed by atoms with Crippen molar-refractivity contribution in [3.05, 3.63) is 12.2 Å². The summed E-state index contributed by atoms with van der Waals surface area (Å²) in [6.07, 6.45) is 1.83. The van der Waals surface area contributed by atoms with E-state index in [0.717, 1.165) is 25.0 Å². The summed E-state index contributed by atoms with van der Waals surface area (Å²) < 4.78 is 0. The number of hydrogen-bond acceptors (Lipinski definition) is 2. The molecule has 0 heterocycles. The summed E-state index contributed by atoms with van der Waals surface area (Å²) in [7, 11) is 0. The summed E-state index contributed by atoms with van der Waals surface area (Å²) in [5.74, 6) is 0. The first-order valence-corrected chi connectivity index (χ1v) is 4.54. The molecular weight excluding hydrogens is 150 g/mol. The van der Waals surface area contributed by atoms with Gasteiger partial charge in [-0.05, 0) is 26.7 Å². The second-order valence-corrected chi connectivity index (χ2v) is 3.70. The Morgan fingerprint density at radius 1 is 1.58 bits per heavy atom. The van der Waals surface area contributed by atoms with Crippen LogP contribution in [0.1, 0.15) is 33.6 Å². The number of aliphatic hydroxyl groups excluding tert-OH is 1. The van der Waals surface area contributed by atoms with Gasteiger partial charge in [-0.15, -0.1) is 0 Å². The van der Waals surface area contributed by atoms with Gasteiger partial charge >= 0.3 is 0 Å². The van der Waals surface area contributed by atoms with Crippen LogP contribution in [0.15, 0.2) is 12.2 Å². The third-order valence-electron chi connectivity index (χ3n) is 2.26. The van der Waals surface area contributed by atoms with E-state index in [1.165, 1.54) is 0 Å². The van der Waals surface area contributed by atoms with Crippen LogP contribution in [0.25, 0.3) is 0 Å². The lowest BCUT2D eigenvalue weighted by atomic mass is 9.95. The van der Waals surface area contributed by atoms with Gasteiger partial charge in [-0.2, -0.15) is 0 Å². The largest absolute Gasteiger partial charge is 0.396 e. The molecule has 1 atom stereocenters. The summed E-state index contributed by atoms with van der Waals surface area (Å²) >= 11 is 0. The lowest BCUT2D eigenvalue weighted by molar-refractivity contribution is 0.219. The van der Waals surface area contributed by atoms with Crippen LogP contribution in [-0.2, 0) is 0 Å². The molecule has 0 spiro atoms. The van der Waals surface area contributed by atoms with Crippen molar-refractivity contribution in [1.82, 2.24) is 5.32 Å². The van der Waals surface area contributed by atoms with Gasteiger partial charge in [0.05, 0.1) is 0 Å². The Bertz CT molecular complexity index is 145. The molecule has 0 aliphatic carbocycles. The molecule has 0 fully saturated rings. The molecule has 0 aliphatic rings. The number of aliphatic hydroxyl groups is 1. The van der Waals surface area contributed by atoms with Crippen LogP contribution in [0.3, 0.4) is 0 Å². The van der Waals surface area contributed by atoms with Crippen LogP contribution >= 0.6 is 0 Å². The van der Waals surface area contributed by atoms with Gasteiger partial charge in [-0.3, -0.25) is 0 Å². The fourth-order valence-corrected chi connectivity index (χ4v) is 1.00. The first-order valence-electron chi connectivity index (χ1n) is 4.54. The van der Waals surface area contributed by atoms with E-state index in [9.17, 15) is 0 Å². The SMILES string of the molecule is C=C(C)CNC(C)(CC)CCO. The molecule has 1 unspecified atom stereocenters. The number of nitrogens with one attached hydrogen (secondary N) is 1. The van der Waals surface area contributed by atoms with Gasteiger partial charge in [0, 0.05) is 18.7 Å². The maximum atomic E-state index is 8.84. The second kappa shape index (κ2) is 5.33. The summed E-state index contributed by atoms with van der Waals surface area (Å²) in [4.78, 5) is 0. The monoisotopic (exact) mass is 171 g/mol. The van der Waals surface area contributed by atoms with Crippen molar-refractivity contribution in [2.75, 3.05) is 13.2 Å². The van der Waals surface area contributed by atoms with E-state index < -0.39 is 0 Å². The molecule has 2 N–H and O–H groups in total. The summed E-state index contributed by atoms with van der Waals surface area (Å²) in [6.45, 7) is 11.2. The molecule has 0 radical (unpaired) electrons. The smallest absolute Gasteiger partial charge is 0.0448 e. The van der Waals surface area contributed by atoms with E-state index in [2.05, 4.69) is 25.7 Å². The Kier molecular flexibility index (Phi) is 5.18. The Balaban J connectivity index is 3.86. The highest BCUT2D eigenvalue weighted by molar-refractivity contribution is 4.94. The van der Waals surface area contributed by atoms with Crippen LogP contribution in [0.2, 0.25) is 0 Å². The molecule has 0 saturated heterocycles. The first-order chi connectivity index (χ1) is 5.54. The zero-order valence-corrected chi connectivity index (χ0v) is 8.48. The standard InChI is InChI=1S/C10H21NO/c1-5-10(4,6-7-12)11-8-9(2)3/h11-12H,2,5-8H2,1,3-4H3. The van der Waals surface area contributed by atoms with Crippen LogP contribution in [0, 0.1) is 0 Å². The Morgan fingerprint density at radius 3 is 2.50 bits per heavy atom. The van der Waals surface area contributed by atoms with E-state index in [-0.39, 0.29) is 12.1 Å². The number of rotatable bonds is 6. The molecule has 2 heteroatoms. The average molecular weight is 171 g/mol. The number of hydrogen-bond donors (Lipinski definition) is 2. The van der Waals surface area contributed by atoms with Crippen LogP contribution in [-0.4, -0.2) is 23.8 Å². The predicted molar refractivity (Wildman–Crippen MR) is 53.2 cm³/mol. The van der Waals surface area contributed by atoms with Crippen molar-refractivity contribution in [1.29, 1.82) is 0 Å². The van der Waals surface area contributed by atoms with Gasteiger partial charge in [-0.1, -0.05) is 19.1 Å². The topological polar surface area (TPSA) is 32.3 Å². The fourth-order valence-electron chi connectivity index (χ4n) is 1.00. The molecule has 0 aromatic carbocycles. The van der Waals surface area contributed by atoms with E-state index in [4.69, 9.17) is 5.11 Å². The molecule has 0 saturated carbocycles. The van der Waals surface area contributed by atoms with Crippen molar-refractivity contribution >= 4 is 0 Å². The lowest BCUT2D eigenvalue weighted by Crippen LogP contribution is -2.43. The van der Waals surface area contributed by atoms with Crippen LogP contribution in [0.4, 0.5) is 0 Å². The van der Waals surface area contributed by atoms with Gasteiger partial charge in [0.1, 0.15) is 0 Å². The first kappa shape index (κ1) is 11.7. The fraction of sp³-hybridized carbons (Fsp3) is 0.800. The van der Waals surface area contributed by atoms with Gasteiger partial charge in [-0.25, -0.2) is 0 Å². The molecule has 0 bridgehead atoms. The van der Waals surface area contributed by atoms with Crippen LogP contribution < -0.4 is 5.32 Å². The second-order valence-electron chi connectivity index (χ2n) is 3.70. The normalized spacial score (nSPS) is 15.7. The summed E-state index contributed by atoms with van der Waals surface area (Å²) in [5, 5.41) is 12.2. The van der Waals surface area contributed by atoms with E-state index >= 15 is 0 Å². The molecule has 0 amide bonds. The maximum Gasteiger partial charge on any atom is 0.0448 e. The highest BCUT2D eigenvalue weighted by Gasteiger charge is 2.19. The molecule has 12 heavy (non-hydrogen) atoms. The van der Waals surface area contributed by atoms with E-state index in [0.29, 0.717) is 0 Å². The van der Waals surface area contributed by atoms with Crippen molar-refractivity contribution in [3.8, 4) is 0 Å². The average Bonchev–Trinajstić information content (AvgIpc) is 2.02. The van der Waals surface area contributed by atoms with E-state index in [1.54, 1.807) is 0 Å². The van der Waals surface area contributed by atoms with Gasteiger partial charge in [0.2, 0.25) is 0 Å². The maximum absolute atomic E-state index is 8.84. The highest BCUT2D eigenvalue weighted by Crippen LogP contribution is 2.13. The lowest BCUT2D eigenvalue weighted by Gasteiger charge is -2.29. The third-order valence-corrected chi connectivity index (χ3v) is 2.26. The van der Waals surface area contributed by atoms with Crippen molar-refractivity contribution in [2.45, 2.75) is 39.2 Å². The van der Waals surface area contributed by atoms with Gasteiger partial charge in [0.15, 0.2) is 0 Å². The molecule has 0 rings (SSSR count). The minimum Gasteiger partial charge on any atom is -0.396 e. The molecule has 0 aromatic rings. The van der Waals surface area contributed by atoms with Crippen molar-refractivity contribution in [3.63, 3.8) is 0 Å². The van der Waals surface area contributed by atoms with Gasteiger partial charge in [0.25, 0.3) is 0 Å². The predicted octanol–water partition coefficient (Wildman–Crippen LogP) is 1.70. The zero-order chi connectivity index (χ0) is 9.61. The summed E-state index contributed by atoms with van der Waals surface area (Å²) in [6, 6.07) is 0. The highest BCUT2D eigenvalue weighted by atomic mass is 16.3. The van der Waals surface area contributed by atoms with Crippen molar-refractivity contribution in [2.24, 2.45) is 0 Å². The molecule has 0 aliphatic heterocycles. The molecular formula is C10H21NO. The Labute approximate surface area is 75.7 Å². The molecule has 0 aromatic heterocycles. The minimum atomic E-state index is 0.0632. The van der Waals surface area contributed by atoms with Crippen LogP contribution in [0.5, 0.6) is 0 Å². The molecule has 2 nitrogen and oxygen atoms in total. The quantitative estimate of drug-likeness (QED) is 0.596. The zero-order valence-electron chi connectivity index (χ0n) is 8.48. The van der Waals surface area contributed by atoms with Crippen molar-refractivity contribution < 1.29 is 5.11 Å². The Hall–Kier alpha value is -0.340. The minimum absolute atomic E-state index is 0.0632. The van der Waals surface area contributed by atoms with Gasteiger partial charge < -0.3 is 10.4 Å². The molecule has 72 valence electrons. The van der Waals surface area contributed by atoms with E-state index in [1.807, 2.05) is 6.92 Å². The summed E-state index contributed by atoms with van der Waals surface area (Å²) in [5.41, 5.74) is 1.20. The third kappa shape index (κ3) is 4.52.